The molecule has 2 aromatic heterocycles. The molecule has 0 amide bonds. The first-order chi connectivity index (χ1) is 17.1. The van der Waals surface area contributed by atoms with E-state index in [0.29, 0.717) is 49.8 Å². The van der Waals surface area contributed by atoms with Gasteiger partial charge in [0.05, 0.1) is 29.9 Å². The minimum absolute atomic E-state index is 0.0799. The van der Waals surface area contributed by atoms with Gasteiger partial charge < -0.3 is 14.8 Å². The van der Waals surface area contributed by atoms with Crippen LogP contribution in [0.25, 0.3) is 16.7 Å². The number of ketones is 1. The van der Waals surface area contributed by atoms with Crippen molar-refractivity contribution in [3.05, 3.63) is 24.0 Å². The van der Waals surface area contributed by atoms with E-state index in [-0.39, 0.29) is 11.7 Å². The number of unbranched alkanes of at least 4 members (excludes halogenated alkanes) is 2. The van der Waals surface area contributed by atoms with Gasteiger partial charge >= 0.3 is 0 Å². The van der Waals surface area contributed by atoms with Crippen LogP contribution in [0.2, 0.25) is 0 Å². The molecule has 11 nitrogen and oxygen atoms in total. The molecule has 3 aromatic rings. The number of ether oxygens (including phenoxy) is 2. The number of fused-ring (bicyclic) bond motifs is 3. The number of methoxy groups -OCH3 is 1. The Morgan fingerprint density at radius 3 is 2.61 bits per heavy atom. The number of hydrogen-bond acceptors (Lipinski definition) is 9. The second-order valence-electron chi connectivity index (χ2n) is 9.17. The molecule has 12 heteroatoms. The summed E-state index contributed by atoms with van der Waals surface area (Å²) in [5.41, 5.74) is 2.29. The van der Waals surface area contributed by atoms with Gasteiger partial charge in [-0.15, -0.1) is 10.2 Å². The molecule has 0 fully saturated rings. The van der Waals surface area contributed by atoms with Gasteiger partial charge in [0.15, 0.2) is 11.6 Å². The van der Waals surface area contributed by atoms with E-state index >= 15 is 0 Å². The van der Waals surface area contributed by atoms with E-state index in [0.717, 1.165) is 36.0 Å². The minimum atomic E-state index is -3.44. The van der Waals surface area contributed by atoms with E-state index in [1.165, 1.54) is 0 Å². The summed E-state index contributed by atoms with van der Waals surface area (Å²) in [5.74, 6) is 1.91. The summed E-state index contributed by atoms with van der Waals surface area (Å²) < 4.78 is 38.3. The summed E-state index contributed by atoms with van der Waals surface area (Å²) in [6.07, 6.45) is 3.72. The van der Waals surface area contributed by atoms with E-state index in [9.17, 15) is 13.2 Å². The monoisotopic (exact) mass is 520 g/mol. The molecule has 0 aliphatic carbocycles. The lowest BCUT2D eigenvalue weighted by molar-refractivity contribution is -0.121. The van der Waals surface area contributed by atoms with Crippen LogP contribution in [0, 0.1) is 12.8 Å². The lowest BCUT2D eigenvalue weighted by atomic mass is 9.97. The molecule has 3 rings (SSSR count). The van der Waals surface area contributed by atoms with Crippen molar-refractivity contribution < 1.29 is 22.7 Å². The summed E-state index contributed by atoms with van der Waals surface area (Å²) in [7, 11) is -1.81. The van der Waals surface area contributed by atoms with Crippen LogP contribution in [0.5, 0.6) is 5.75 Å². The van der Waals surface area contributed by atoms with Crippen molar-refractivity contribution in [2.45, 2.75) is 52.5 Å². The summed E-state index contributed by atoms with van der Waals surface area (Å²) in [6, 6.07) is 5.03. The smallest absolute Gasteiger partial charge is 0.209 e. The Morgan fingerprint density at radius 1 is 1.14 bits per heavy atom. The second-order valence-corrected chi connectivity index (χ2v) is 11.0. The zero-order valence-electron chi connectivity index (χ0n) is 21.6. The van der Waals surface area contributed by atoms with E-state index in [2.05, 4.69) is 20.2 Å². The molecule has 1 atom stereocenters. The van der Waals surface area contributed by atoms with E-state index in [1.807, 2.05) is 43.4 Å². The number of rotatable bonds is 15. The van der Waals surface area contributed by atoms with Crippen molar-refractivity contribution in [1.82, 2.24) is 24.3 Å². The molecule has 0 aliphatic rings. The molecular weight excluding hydrogens is 484 g/mol. The van der Waals surface area contributed by atoms with E-state index in [1.54, 1.807) is 7.11 Å². The molecule has 36 heavy (non-hydrogen) atoms. The number of aromatic nitrogens is 4. The highest BCUT2D eigenvalue weighted by atomic mass is 32.2. The van der Waals surface area contributed by atoms with Crippen LogP contribution in [0.3, 0.4) is 0 Å². The van der Waals surface area contributed by atoms with Gasteiger partial charge in [0.25, 0.3) is 0 Å². The largest absolute Gasteiger partial charge is 0.491 e. The topological polar surface area (TPSA) is 137 Å². The SMILES string of the molecule is COCCOc1ccc2c(c1)nc(NCCCCCC(=O)[C@@H](NS(C)(=O)=O)C(C)C)c1nnc(C)n12. The van der Waals surface area contributed by atoms with Gasteiger partial charge in [-0.25, -0.2) is 18.1 Å². The van der Waals surface area contributed by atoms with Crippen molar-refractivity contribution in [2.75, 3.05) is 38.4 Å². The number of nitrogens with zero attached hydrogens (tertiary/aromatic N) is 4. The molecule has 0 saturated carbocycles. The van der Waals surface area contributed by atoms with Crippen LogP contribution in [0.1, 0.15) is 45.4 Å². The van der Waals surface area contributed by atoms with Crippen molar-refractivity contribution in [1.29, 1.82) is 0 Å². The van der Waals surface area contributed by atoms with Gasteiger partial charge in [0.1, 0.15) is 18.2 Å². The molecule has 0 spiro atoms. The van der Waals surface area contributed by atoms with E-state index in [4.69, 9.17) is 14.5 Å². The Morgan fingerprint density at radius 2 is 1.92 bits per heavy atom. The Labute approximate surface area is 212 Å². The lowest BCUT2D eigenvalue weighted by Crippen LogP contribution is -2.43. The maximum atomic E-state index is 12.5. The normalized spacial score (nSPS) is 12.9. The summed E-state index contributed by atoms with van der Waals surface area (Å²) >= 11 is 0. The molecule has 0 saturated heterocycles. The lowest BCUT2D eigenvalue weighted by Gasteiger charge is -2.19. The fourth-order valence-electron chi connectivity index (χ4n) is 3.98. The number of benzene rings is 1. The minimum Gasteiger partial charge on any atom is -0.491 e. The molecule has 0 unspecified atom stereocenters. The van der Waals surface area contributed by atoms with Crippen LogP contribution < -0.4 is 14.8 Å². The van der Waals surface area contributed by atoms with Crippen LogP contribution >= 0.6 is 0 Å². The maximum absolute atomic E-state index is 12.5. The van der Waals surface area contributed by atoms with Crippen LogP contribution in [0.4, 0.5) is 5.82 Å². The first kappa shape index (κ1) is 27.8. The van der Waals surface area contributed by atoms with E-state index < -0.39 is 16.1 Å². The molecule has 0 radical (unpaired) electrons. The van der Waals surface area contributed by atoms with Gasteiger partial charge in [0, 0.05) is 26.1 Å². The quantitative estimate of drug-likeness (QED) is 0.290. The van der Waals surface area contributed by atoms with Gasteiger partial charge in [-0.05, 0) is 37.8 Å². The average Bonchev–Trinajstić information content (AvgIpc) is 3.20. The predicted octanol–water partition coefficient (Wildman–Crippen LogP) is 2.73. The Hall–Kier alpha value is -2.83. The van der Waals surface area contributed by atoms with Crippen LogP contribution in [-0.4, -0.2) is 72.9 Å². The molecule has 1 aromatic carbocycles. The number of hydrogen-bond donors (Lipinski definition) is 2. The number of aryl methyl sites for hydroxylation is 1. The third-order valence-electron chi connectivity index (χ3n) is 5.76. The number of nitrogens with one attached hydrogen (secondary N) is 2. The number of carbonyl (C=O) groups excluding carboxylic acids is 1. The van der Waals surface area contributed by atoms with Gasteiger partial charge in [-0.2, -0.15) is 0 Å². The highest BCUT2D eigenvalue weighted by molar-refractivity contribution is 7.88. The van der Waals surface area contributed by atoms with Gasteiger partial charge in [-0.1, -0.05) is 20.3 Å². The third-order valence-corrected chi connectivity index (χ3v) is 6.44. The zero-order valence-corrected chi connectivity index (χ0v) is 22.4. The van der Waals surface area contributed by atoms with Crippen molar-refractivity contribution >= 4 is 38.3 Å². The van der Waals surface area contributed by atoms with Crippen LogP contribution in [-0.2, 0) is 19.6 Å². The Balaban J connectivity index is 1.60. The first-order valence-corrected chi connectivity index (χ1v) is 14.0. The number of sulfonamides is 1. The fraction of sp³-hybridized carbons (Fsp3) is 0.583. The number of Topliss-reactive ketones (excluding diaryl/α,β-unsaturated/α-hetero) is 1. The number of anilines is 1. The van der Waals surface area contributed by atoms with Gasteiger partial charge in [-0.3, -0.25) is 9.20 Å². The molecule has 0 aliphatic heterocycles. The molecular formula is C24H36N6O5S. The van der Waals surface area contributed by atoms with Gasteiger partial charge in [0.2, 0.25) is 15.7 Å². The van der Waals surface area contributed by atoms with Crippen LogP contribution in [0.15, 0.2) is 18.2 Å². The first-order valence-electron chi connectivity index (χ1n) is 12.1. The third kappa shape index (κ3) is 7.34. The van der Waals surface area contributed by atoms with Crippen molar-refractivity contribution in [2.24, 2.45) is 5.92 Å². The summed E-state index contributed by atoms with van der Waals surface area (Å²) in [5, 5.41) is 11.9. The number of carbonyl (C=O) groups is 1. The van der Waals surface area contributed by atoms with Crippen molar-refractivity contribution in [3.63, 3.8) is 0 Å². The molecule has 198 valence electrons. The average molecular weight is 521 g/mol. The summed E-state index contributed by atoms with van der Waals surface area (Å²) in [6.45, 7) is 7.16. The fourth-order valence-corrected chi connectivity index (χ4v) is 4.84. The standard InChI is InChI=1S/C24H36N6O5S/c1-16(2)22(29-36(5,32)33)21(31)9-7-6-8-12-25-23-24-28-27-17(3)30(24)20-11-10-18(15-19(20)26-23)35-14-13-34-4/h10-11,15-16,22,29H,6-9,12-14H2,1-5H3,(H,25,26)/t22-/m0/s1. The molecule has 0 bridgehead atoms. The second kappa shape index (κ2) is 12.4. The highest BCUT2D eigenvalue weighted by Crippen LogP contribution is 2.25. The summed E-state index contributed by atoms with van der Waals surface area (Å²) in [4.78, 5) is 17.3. The Bertz CT molecular complexity index is 1290. The molecule has 2 heterocycles. The van der Waals surface area contributed by atoms with Crippen molar-refractivity contribution in [3.8, 4) is 5.75 Å². The highest BCUT2D eigenvalue weighted by Gasteiger charge is 2.24. The Kier molecular flexibility index (Phi) is 9.57. The molecule has 2 N–H and O–H groups in total. The predicted molar refractivity (Wildman–Crippen MR) is 139 cm³/mol. The maximum Gasteiger partial charge on any atom is 0.209 e. The zero-order chi connectivity index (χ0) is 26.3.